The molecule has 3 fully saturated rings. The molecule has 0 amide bonds. The van der Waals surface area contributed by atoms with Gasteiger partial charge in [0.05, 0.1) is 37.3 Å². The van der Waals surface area contributed by atoms with Crippen LogP contribution in [0.25, 0.3) is 0 Å². The summed E-state index contributed by atoms with van der Waals surface area (Å²) in [7, 11) is 0. The van der Waals surface area contributed by atoms with E-state index < -0.39 is 42.6 Å². The third-order valence-electron chi connectivity index (χ3n) is 6.09. The number of aliphatic hydroxyl groups excluding tert-OH is 4. The number of β-amino-alcohol motifs (C(OH)–C–C–N with tert-alkyl or cyclic N) is 1. The predicted octanol–water partition coefficient (Wildman–Crippen LogP) is -1.45. The van der Waals surface area contributed by atoms with E-state index in [1.54, 1.807) is 4.90 Å². The maximum atomic E-state index is 11.7. The van der Waals surface area contributed by atoms with Crippen LogP contribution in [0.2, 0.25) is 0 Å². The lowest BCUT2D eigenvalue weighted by Gasteiger charge is -2.35. The van der Waals surface area contributed by atoms with Crippen molar-refractivity contribution in [2.75, 3.05) is 26.3 Å². The summed E-state index contributed by atoms with van der Waals surface area (Å²) < 4.78 is 10.5. The lowest BCUT2D eigenvalue weighted by atomic mass is 9.98. The number of nitrogens with one attached hydrogen (secondary N) is 1. The van der Waals surface area contributed by atoms with Gasteiger partial charge < -0.3 is 44.8 Å². The molecule has 0 aromatic carbocycles. The quantitative estimate of drug-likeness (QED) is 0.244. The highest BCUT2D eigenvalue weighted by Gasteiger charge is 2.51. The Balaban J connectivity index is 1.52. The number of allylic oxidation sites excluding steroid dienone is 1. The van der Waals surface area contributed by atoms with Crippen LogP contribution in [0.15, 0.2) is 11.6 Å². The topological polar surface area (TPSA) is 167 Å². The number of hydrogen-bond acceptors (Lipinski definition) is 8. The van der Waals surface area contributed by atoms with E-state index >= 15 is 0 Å². The van der Waals surface area contributed by atoms with E-state index in [1.165, 1.54) is 0 Å². The summed E-state index contributed by atoms with van der Waals surface area (Å²) in [6, 6.07) is -0.464. The number of aliphatic hydroxyl groups is 4. The molecule has 31 heavy (non-hydrogen) atoms. The van der Waals surface area contributed by atoms with E-state index in [4.69, 9.17) is 14.9 Å². The van der Waals surface area contributed by atoms with E-state index in [1.807, 2.05) is 24.8 Å². The molecule has 0 aromatic rings. The molecule has 3 heterocycles. The van der Waals surface area contributed by atoms with Gasteiger partial charge in [-0.1, -0.05) is 11.6 Å². The zero-order chi connectivity index (χ0) is 22.9. The molecule has 0 radical (unpaired) electrons. The molecule has 0 aromatic heterocycles. The maximum Gasteiger partial charge on any atom is 0.308 e. The molecule has 0 spiro atoms. The van der Waals surface area contributed by atoms with Crippen molar-refractivity contribution in [1.29, 1.82) is 5.41 Å². The summed E-state index contributed by atoms with van der Waals surface area (Å²) in [5.74, 6) is -1.24. The molecule has 0 bridgehead atoms. The molecule has 8 atom stereocenters. The van der Waals surface area contributed by atoms with Crippen LogP contribution in [0.5, 0.6) is 0 Å². The first-order chi connectivity index (χ1) is 14.6. The van der Waals surface area contributed by atoms with Crippen LogP contribution in [0, 0.1) is 11.3 Å². The summed E-state index contributed by atoms with van der Waals surface area (Å²) in [4.78, 5) is 15.2. The van der Waals surface area contributed by atoms with Crippen molar-refractivity contribution in [1.82, 2.24) is 9.80 Å². The number of carboxylic acid groups (broad SMARTS) is 1. The highest BCUT2D eigenvalue weighted by molar-refractivity contribution is 5.83. The van der Waals surface area contributed by atoms with Gasteiger partial charge in [-0.15, -0.1) is 0 Å². The van der Waals surface area contributed by atoms with Gasteiger partial charge in [-0.25, -0.2) is 0 Å². The number of carboxylic acids is 1. The second-order valence-corrected chi connectivity index (χ2v) is 8.76. The molecular formula is C20H33N3O8. The van der Waals surface area contributed by atoms with Crippen molar-refractivity contribution in [2.45, 2.75) is 69.5 Å². The molecule has 3 aliphatic heterocycles. The van der Waals surface area contributed by atoms with Gasteiger partial charge in [0.2, 0.25) is 0 Å². The Labute approximate surface area is 181 Å². The van der Waals surface area contributed by atoms with Crippen molar-refractivity contribution >= 4 is 11.9 Å². The van der Waals surface area contributed by atoms with Crippen LogP contribution in [-0.2, 0) is 14.3 Å². The Bertz CT molecular complexity index is 700. The number of aliphatic carboxylic acids is 1. The van der Waals surface area contributed by atoms with Crippen molar-refractivity contribution < 1.29 is 39.8 Å². The number of carbonyl (C=O) groups is 1. The first-order valence-corrected chi connectivity index (χ1v) is 10.5. The van der Waals surface area contributed by atoms with Gasteiger partial charge in [-0.2, -0.15) is 0 Å². The third kappa shape index (κ3) is 5.18. The summed E-state index contributed by atoms with van der Waals surface area (Å²) in [6.45, 7) is 4.27. The van der Waals surface area contributed by atoms with E-state index in [0.717, 1.165) is 5.57 Å². The van der Waals surface area contributed by atoms with Gasteiger partial charge in [0.25, 0.3) is 0 Å². The summed E-state index contributed by atoms with van der Waals surface area (Å²) in [5.41, 5.74) is 1.06. The summed E-state index contributed by atoms with van der Waals surface area (Å²) in [5, 5.41) is 57.5. The van der Waals surface area contributed by atoms with E-state index in [9.17, 15) is 30.3 Å². The standard InChI is InChI=1S/C20H33N3O8/c1-10(2)5-11-6-13(18(28)29)14-8-22(20(21)23(11)14)7-12(24)3-4-30-19-17(27)16(26)15(25)9-31-19/h5,11-17,19,21,24-27H,3-4,6-9H2,1-2H3,(H,28,29)/t11-,12-,13-,14+,15-,16+,17-,19+/m1/s1. The fourth-order valence-electron chi connectivity index (χ4n) is 4.53. The minimum atomic E-state index is -1.39. The Morgan fingerprint density at radius 2 is 2.03 bits per heavy atom. The van der Waals surface area contributed by atoms with Crippen molar-refractivity contribution in [3.05, 3.63) is 11.6 Å². The number of hydrogen-bond donors (Lipinski definition) is 6. The second kappa shape index (κ2) is 9.80. The predicted molar refractivity (Wildman–Crippen MR) is 108 cm³/mol. The fraction of sp³-hybridized carbons (Fsp3) is 0.800. The van der Waals surface area contributed by atoms with Gasteiger partial charge in [-0.3, -0.25) is 10.2 Å². The van der Waals surface area contributed by atoms with Crippen LogP contribution in [0.1, 0.15) is 26.7 Å². The molecular weight excluding hydrogens is 410 g/mol. The molecule has 0 unspecified atom stereocenters. The number of nitrogens with zero attached hydrogens (tertiary/aromatic N) is 2. The summed E-state index contributed by atoms with van der Waals surface area (Å²) in [6.07, 6.45) is -3.23. The van der Waals surface area contributed by atoms with Crippen LogP contribution >= 0.6 is 0 Å². The van der Waals surface area contributed by atoms with E-state index in [-0.39, 0.29) is 44.2 Å². The first-order valence-electron chi connectivity index (χ1n) is 10.5. The number of guanidine groups is 1. The molecule has 3 aliphatic rings. The zero-order valence-corrected chi connectivity index (χ0v) is 17.8. The molecule has 11 nitrogen and oxygen atoms in total. The smallest absolute Gasteiger partial charge is 0.308 e. The third-order valence-corrected chi connectivity index (χ3v) is 6.09. The SMILES string of the molecule is CC(C)=C[C@@H]1C[C@@H](C(=O)O)[C@@H]2CN(C[C@H](O)CCO[C@H]3OC[C@@H](O)[C@H](O)[C@H]3O)C(=N)N12. The molecule has 6 N–H and O–H groups in total. The highest BCUT2D eigenvalue weighted by atomic mass is 16.7. The van der Waals surface area contributed by atoms with Crippen molar-refractivity contribution in [2.24, 2.45) is 5.92 Å². The fourth-order valence-corrected chi connectivity index (χ4v) is 4.53. The number of ether oxygens (including phenoxy) is 2. The van der Waals surface area contributed by atoms with Gasteiger partial charge in [0, 0.05) is 13.1 Å². The normalized spacial score (nSPS) is 36.5. The molecule has 176 valence electrons. The van der Waals surface area contributed by atoms with Crippen LogP contribution < -0.4 is 0 Å². The van der Waals surface area contributed by atoms with E-state index in [0.29, 0.717) is 13.0 Å². The minimum Gasteiger partial charge on any atom is -0.481 e. The zero-order valence-electron chi connectivity index (χ0n) is 17.8. The van der Waals surface area contributed by atoms with Gasteiger partial charge in [0.15, 0.2) is 12.2 Å². The number of fused-ring (bicyclic) bond motifs is 1. The van der Waals surface area contributed by atoms with Gasteiger partial charge >= 0.3 is 5.97 Å². The maximum absolute atomic E-state index is 11.7. The Morgan fingerprint density at radius 3 is 2.68 bits per heavy atom. The van der Waals surface area contributed by atoms with E-state index in [2.05, 4.69) is 0 Å². The minimum absolute atomic E-state index is 0.0398. The number of rotatable bonds is 8. The van der Waals surface area contributed by atoms with Crippen LogP contribution in [0.3, 0.4) is 0 Å². The average Bonchev–Trinajstić information content (AvgIpc) is 3.19. The first kappa shape index (κ1) is 23.9. The monoisotopic (exact) mass is 443 g/mol. The van der Waals surface area contributed by atoms with Crippen molar-refractivity contribution in [3.63, 3.8) is 0 Å². The van der Waals surface area contributed by atoms with Gasteiger partial charge in [-0.05, 0) is 26.7 Å². The molecule has 11 heteroatoms. The molecule has 0 saturated carbocycles. The molecule has 3 saturated heterocycles. The lowest BCUT2D eigenvalue weighted by molar-refractivity contribution is -0.270. The molecule has 3 rings (SSSR count). The second-order valence-electron chi connectivity index (χ2n) is 8.76. The Morgan fingerprint density at radius 1 is 1.32 bits per heavy atom. The Kier molecular flexibility index (Phi) is 7.55. The van der Waals surface area contributed by atoms with Crippen LogP contribution in [0.4, 0.5) is 0 Å². The molecule has 0 aliphatic carbocycles. The Hall–Kier alpha value is -1.76. The van der Waals surface area contributed by atoms with Gasteiger partial charge in [0.1, 0.15) is 18.3 Å². The largest absolute Gasteiger partial charge is 0.481 e. The van der Waals surface area contributed by atoms with Crippen molar-refractivity contribution in [3.8, 4) is 0 Å². The summed E-state index contributed by atoms with van der Waals surface area (Å²) >= 11 is 0. The average molecular weight is 443 g/mol. The lowest BCUT2D eigenvalue weighted by Crippen LogP contribution is -2.53. The highest BCUT2D eigenvalue weighted by Crippen LogP contribution is 2.37. The van der Waals surface area contributed by atoms with Crippen LogP contribution in [-0.4, -0.2) is 116 Å².